The molecule has 0 bridgehead atoms. The number of pyridine rings is 1. The summed E-state index contributed by atoms with van der Waals surface area (Å²) in [6.07, 6.45) is 4.57. The topological polar surface area (TPSA) is 37.5 Å². The molecule has 3 rings (SSSR count). The van der Waals surface area contributed by atoms with Crippen LogP contribution < -0.4 is 0 Å². The van der Waals surface area contributed by atoms with Gasteiger partial charge in [0.2, 0.25) is 0 Å². The maximum Gasteiger partial charge on any atom is 0.117 e. The second kappa shape index (κ2) is 3.94. The highest BCUT2D eigenvalue weighted by atomic mass is 16.3. The third-order valence-electron chi connectivity index (χ3n) is 2.79. The number of nitrogens with zero attached hydrogens (tertiary/aromatic N) is 2. The molecular weight excluding hydrogens is 212 g/mol. The average Bonchev–Trinajstić information content (AvgIpc) is 2.73. The number of phenolic OH excluding ortho intramolecular Hbond substituents is 1. The van der Waals surface area contributed by atoms with Gasteiger partial charge in [0.05, 0.1) is 11.7 Å². The van der Waals surface area contributed by atoms with Crippen LogP contribution in [0.2, 0.25) is 0 Å². The summed E-state index contributed by atoms with van der Waals surface area (Å²) < 4.78 is 2.06. The van der Waals surface area contributed by atoms with Crippen LogP contribution in [0.4, 0.5) is 0 Å². The van der Waals surface area contributed by atoms with Crippen LogP contribution >= 0.6 is 0 Å². The van der Waals surface area contributed by atoms with Crippen LogP contribution in [0, 0.1) is 0 Å². The third kappa shape index (κ3) is 1.87. The molecule has 84 valence electrons. The third-order valence-corrected chi connectivity index (χ3v) is 2.79. The van der Waals surface area contributed by atoms with Crippen molar-refractivity contribution in [3.05, 3.63) is 66.2 Å². The summed E-state index contributed by atoms with van der Waals surface area (Å²) in [5, 5.41) is 9.43. The Labute approximate surface area is 99.0 Å². The van der Waals surface area contributed by atoms with E-state index in [0.29, 0.717) is 12.2 Å². The zero-order chi connectivity index (χ0) is 11.7. The largest absolute Gasteiger partial charge is 0.508 e. The number of phenols is 1. The van der Waals surface area contributed by atoms with Gasteiger partial charge in [-0.15, -0.1) is 0 Å². The minimum atomic E-state index is 0.295. The van der Waals surface area contributed by atoms with Crippen LogP contribution in [0.5, 0.6) is 5.75 Å². The first kappa shape index (κ1) is 9.90. The van der Waals surface area contributed by atoms with Crippen molar-refractivity contribution in [3.8, 4) is 5.75 Å². The van der Waals surface area contributed by atoms with Crippen LogP contribution in [0.1, 0.15) is 11.4 Å². The molecule has 1 N–H and O–H groups in total. The molecule has 0 unspecified atom stereocenters. The van der Waals surface area contributed by atoms with Crippen molar-refractivity contribution in [1.82, 2.24) is 9.38 Å². The van der Waals surface area contributed by atoms with Crippen molar-refractivity contribution >= 4 is 5.52 Å². The normalized spacial score (nSPS) is 10.8. The number of fused-ring (bicyclic) bond motifs is 1. The molecule has 0 aliphatic rings. The summed E-state index contributed by atoms with van der Waals surface area (Å²) in [7, 11) is 0. The van der Waals surface area contributed by atoms with Gasteiger partial charge in [0, 0.05) is 12.6 Å². The van der Waals surface area contributed by atoms with Crippen LogP contribution in [0.3, 0.4) is 0 Å². The van der Waals surface area contributed by atoms with E-state index in [4.69, 9.17) is 0 Å². The van der Waals surface area contributed by atoms with Gasteiger partial charge in [0.25, 0.3) is 0 Å². The van der Waals surface area contributed by atoms with Crippen molar-refractivity contribution in [1.29, 1.82) is 0 Å². The number of aromatic hydroxyl groups is 1. The van der Waals surface area contributed by atoms with E-state index in [1.807, 2.05) is 42.7 Å². The first-order valence-corrected chi connectivity index (χ1v) is 5.52. The fourth-order valence-corrected chi connectivity index (χ4v) is 1.98. The number of rotatable bonds is 2. The Morgan fingerprint density at radius 2 is 2.06 bits per heavy atom. The number of hydrogen-bond donors (Lipinski definition) is 1. The molecule has 0 saturated carbocycles. The lowest BCUT2D eigenvalue weighted by molar-refractivity contribution is 0.474. The van der Waals surface area contributed by atoms with Gasteiger partial charge in [-0.05, 0) is 29.8 Å². The molecule has 17 heavy (non-hydrogen) atoms. The van der Waals surface area contributed by atoms with E-state index in [0.717, 1.165) is 16.9 Å². The maximum absolute atomic E-state index is 9.43. The summed E-state index contributed by atoms with van der Waals surface area (Å²) >= 11 is 0. The SMILES string of the molecule is Oc1cccc(Cc2ncc3ccccn23)c1. The van der Waals surface area contributed by atoms with Crippen LogP contribution in [0.15, 0.2) is 54.9 Å². The Bertz CT molecular complexity index is 658. The minimum absolute atomic E-state index is 0.295. The standard InChI is InChI=1S/C14H12N2O/c17-13-6-3-4-11(8-13)9-14-15-10-12-5-1-2-7-16(12)14/h1-8,10,17H,9H2. The smallest absolute Gasteiger partial charge is 0.117 e. The monoisotopic (exact) mass is 224 g/mol. The van der Waals surface area contributed by atoms with E-state index < -0.39 is 0 Å². The lowest BCUT2D eigenvalue weighted by Gasteiger charge is -2.02. The zero-order valence-electron chi connectivity index (χ0n) is 9.24. The molecule has 3 aromatic rings. The van der Waals surface area contributed by atoms with E-state index in [-0.39, 0.29) is 0 Å². The fraction of sp³-hybridized carbons (Fsp3) is 0.0714. The van der Waals surface area contributed by atoms with Crippen LogP contribution in [0.25, 0.3) is 5.52 Å². The highest BCUT2D eigenvalue weighted by molar-refractivity contribution is 5.46. The molecule has 0 saturated heterocycles. The van der Waals surface area contributed by atoms with Gasteiger partial charge < -0.3 is 9.51 Å². The molecule has 0 amide bonds. The summed E-state index contributed by atoms with van der Waals surface area (Å²) in [5.41, 5.74) is 2.14. The summed E-state index contributed by atoms with van der Waals surface area (Å²) in [5.74, 6) is 1.27. The van der Waals surface area contributed by atoms with Crippen molar-refractivity contribution in [2.45, 2.75) is 6.42 Å². The number of imidazole rings is 1. The van der Waals surface area contributed by atoms with Gasteiger partial charge in [-0.2, -0.15) is 0 Å². The van der Waals surface area contributed by atoms with E-state index in [2.05, 4.69) is 9.38 Å². The fourth-order valence-electron chi connectivity index (χ4n) is 1.98. The highest BCUT2D eigenvalue weighted by Crippen LogP contribution is 2.15. The molecule has 2 aromatic heterocycles. The summed E-state index contributed by atoms with van der Waals surface area (Å²) in [6.45, 7) is 0. The van der Waals surface area contributed by atoms with Gasteiger partial charge in [-0.25, -0.2) is 4.98 Å². The lowest BCUT2D eigenvalue weighted by Crippen LogP contribution is -1.95. The second-order valence-electron chi connectivity index (χ2n) is 4.02. The molecule has 1 aromatic carbocycles. The van der Waals surface area contributed by atoms with Crippen LogP contribution in [-0.2, 0) is 6.42 Å². The van der Waals surface area contributed by atoms with E-state index in [1.165, 1.54) is 0 Å². The number of benzene rings is 1. The Kier molecular flexibility index (Phi) is 2.29. The Morgan fingerprint density at radius 1 is 1.12 bits per heavy atom. The second-order valence-corrected chi connectivity index (χ2v) is 4.02. The first-order chi connectivity index (χ1) is 8.33. The number of aromatic nitrogens is 2. The van der Waals surface area contributed by atoms with Gasteiger partial charge in [-0.3, -0.25) is 0 Å². The Hall–Kier alpha value is -2.29. The molecule has 2 heterocycles. The van der Waals surface area contributed by atoms with Crippen LogP contribution in [-0.4, -0.2) is 14.5 Å². The predicted octanol–water partition coefficient (Wildman–Crippen LogP) is 2.63. The quantitative estimate of drug-likeness (QED) is 0.726. The maximum atomic E-state index is 9.43. The highest BCUT2D eigenvalue weighted by Gasteiger charge is 2.04. The van der Waals surface area contributed by atoms with E-state index >= 15 is 0 Å². The van der Waals surface area contributed by atoms with E-state index in [1.54, 1.807) is 12.1 Å². The summed E-state index contributed by atoms with van der Waals surface area (Å²) in [6, 6.07) is 13.3. The van der Waals surface area contributed by atoms with Gasteiger partial charge in [-0.1, -0.05) is 18.2 Å². The van der Waals surface area contributed by atoms with Crippen molar-refractivity contribution in [2.24, 2.45) is 0 Å². The van der Waals surface area contributed by atoms with Gasteiger partial charge in [0.1, 0.15) is 11.6 Å². The Balaban J connectivity index is 2.00. The Morgan fingerprint density at radius 3 is 2.94 bits per heavy atom. The average molecular weight is 224 g/mol. The molecule has 0 aliphatic carbocycles. The predicted molar refractivity (Wildman–Crippen MR) is 66.1 cm³/mol. The molecule has 0 radical (unpaired) electrons. The van der Waals surface area contributed by atoms with Crippen molar-refractivity contribution in [2.75, 3.05) is 0 Å². The molecule has 0 fully saturated rings. The molecular formula is C14H12N2O. The molecule has 0 aliphatic heterocycles. The van der Waals surface area contributed by atoms with Crippen molar-refractivity contribution < 1.29 is 5.11 Å². The van der Waals surface area contributed by atoms with Gasteiger partial charge >= 0.3 is 0 Å². The molecule has 3 nitrogen and oxygen atoms in total. The first-order valence-electron chi connectivity index (χ1n) is 5.52. The molecule has 0 atom stereocenters. The lowest BCUT2D eigenvalue weighted by atomic mass is 10.1. The number of hydrogen-bond acceptors (Lipinski definition) is 2. The van der Waals surface area contributed by atoms with Crippen molar-refractivity contribution in [3.63, 3.8) is 0 Å². The minimum Gasteiger partial charge on any atom is -0.508 e. The van der Waals surface area contributed by atoms with E-state index in [9.17, 15) is 5.11 Å². The van der Waals surface area contributed by atoms with Gasteiger partial charge in [0.15, 0.2) is 0 Å². The summed E-state index contributed by atoms with van der Waals surface area (Å²) in [4.78, 5) is 4.40. The molecule has 0 spiro atoms. The molecule has 3 heteroatoms. The zero-order valence-corrected chi connectivity index (χ0v) is 9.24.